The first kappa shape index (κ1) is 21.6. The summed E-state index contributed by atoms with van der Waals surface area (Å²) in [7, 11) is 0. The van der Waals surface area contributed by atoms with Crippen LogP contribution in [0.15, 0.2) is 10.9 Å². The summed E-state index contributed by atoms with van der Waals surface area (Å²) in [5.74, 6) is 1.09. The van der Waals surface area contributed by atoms with Gasteiger partial charge in [0.25, 0.3) is 5.56 Å². The molecule has 9 heteroatoms. The van der Waals surface area contributed by atoms with Gasteiger partial charge in [-0.25, -0.2) is 4.98 Å². The summed E-state index contributed by atoms with van der Waals surface area (Å²) in [6.07, 6.45) is 0.827. The topological polar surface area (TPSA) is 92.7 Å². The second kappa shape index (κ2) is 9.13. The highest BCUT2D eigenvalue weighted by atomic mass is 32.2. The van der Waals surface area contributed by atoms with Gasteiger partial charge in [-0.3, -0.25) is 14.3 Å². The molecule has 156 valence electrons. The second-order valence-electron chi connectivity index (χ2n) is 7.22. The van der Waals surface area contributed by atoms with Crippen molar-refractivity contribution in [1.29, 1.82) is 0 Å². The molecule has 29 heavy (non-hydrogen) atoms. The maximum atomic E-state index is 12.3. The van der Waals surface area contributed by atoms with Gasteiger partial charge in [-0.1, -0.05) is 0 Å². The fraction of sp³-hybridized carbons (Fsp3) is 0.500. The lowest BCUT2D eigenvalue weighted by atomic mass is 10.2. The van der Waals surface area contributed by atoms with Crippen molar-refractivity contribution in [3.05, 3.63) is 44.1 Å². The van der Waals surface area contributed by atoms with Crippen LogP contribution < -0.4 is 10.9 Å². The Morgan fingerprint density at radius 3 is 2.79 bits per heavy atom. The van der Waals surface area contributed by atoms with Crippen LogP contribution in [0.3, 0.4) is 0 Å². The molecule has 1 amide bonds. The highest BCUT2D eigenvalue weighted by molar-refractivity contribution is 7.99. The number of fused-ring (bicyclic) bond motifs is 1. The van der Waals surface area contributed by atoms with Crippen LogP contribution >= 0.6 is 23.1 Å². The first-order chi connectivity index (χ1) is 13.8. The molecule has 0 saturated carbocycles. The van der Waals surface area contributed by atoms with Crippen molar-refractivity contribution in [3.8, 4) is 0 Å². The van der Waals surface area contributed by atoms with Crippen molar-refractivity contribution >= 4 is 39.2 Å². The van der Waals surface area contributed by atoms with E-state index in [-0.39, 0.29) is 16.7 Å². The third-order valence-electron chi connectivity index (χ3n) is 4.88. The van der Waals surface area contributed by atoms with Gasteiger partial charge in [0, 0.05) is 23.7 Å². The molecule has 1 atom stereocenters. The van der Waals surface area contributed by atoms with Crippen LogP contribution in [0, 0.1) is 27.7 Å². The van der Waals surface area contributed by atoms with E-state index in [9.17, 15) is 9.59 Å². The number of thioether (sulfide) groups is 1. The lowest BCUT2D eigenvalue weighted by Crippen LogP contribution is -2.32. The van der Waals surface area contributed by atoms with Gasteiger partial charge in [0.15, 0.2) is 0 Å². The van der Waals surface area contributed by atoms with Crippen LogP contribution in [0.2, 0.25) is 0 Å². The van der Waals surface area contributed by atoms with E-state index >= 15 is 0 Å². The van der Waals surface area contributed by atoms with Gasteiger partial charge in [-0.15, -0.1) is 23.1 Å². The molecular formula is C20H27N5O2S2. The van der Waals surface area contributed by atoms with Crippen molar-refractivity contribution < 1.29 is 4.79 Å². The van der Waals surface area contributed by atoms with E-state index in [1.807, 2.05) is 45.4 Å². The maximum absolute atomic E-state index is 12.3. The standard InChI is InChI=1S/C20H27N5O2S2/c1-11-9-12(2)25(24-11)8-6-7-21-18(26)15(5)28-10-16-22-19(27)17-13(3)14(4)29-20(17)23-16/h9,15H,6-8,10H2,1-5H3,(H,21,26)(H,22,23,27). The van der Waals surface area contributed by atoms with E-state index in [1.165, 1.54) is 23.1 Å². The third-order valence-corrected chi connectivity index (χ3v) is 7.13. The summed E-state index contributed by atoms with van der Waals surface area (Å²) >= 11 is 3.00. The number of hydrogen-bond acceptors (Lipinski definition) is 6. The molecule has 0 aliphatic carbocycles. The molecule has 0 aliphatic heterocycles. The lowest BCUT2D eigenvalue weighted by Gasteiger charge is -2.12. The zero-order chi connectivity index (χ0) is 21.1. The molecule has 0 saturated heterocycles. The van der Waals surface area contributed by atoms with Crippen LogP contribution in [-0.2, 0) is 17.1 Å². The first-order valence-corrected chi connectivity index (χ1v) is 11.5. The Hall–Kier alpha value is -2.13. The van der Waals surface area contributed by atoms with E-state index < -0.39 is 0 Å². The Bertz CT molecular complexity index is 1080. The molecule has 0 radical (unpaired) electrons. The van der Waals surface area contributed by atoms with E-state index in [0.29, 0.717) is 23.5 Å². The van der Waals surface area contributed by atoms with Crippen LogP contribution in [0.5, 0.6) is 0 Å². The van der Waals surface area contributed by atoms with Crippen molar-refractivity contribution in [2.24, 2.45) is 0 Å². The van der Waals surface area contributed by atoms with E-state index in [0.717, 1.165) is 39.6 Å². The molecule has 3 heterocycles. The Kier molecular flexibility index (Phi) is 6.79. The summed E-state index contributed by atoms with van der Waals surface area (Å²) in [6.45, 7) is 11.2. The Labute approximate surface area is 178 Å². The number of aromatic amines is 1. The van der Waals surface area contributed by atoms with Crippen LogP contribution in [0.4, 0.5) is 0 Å². The van der Waals surface area contributed by atoms with E-state index in [1.54, 1.807) is 0 Å². The number of H-pyrrole nitrogens is 1. The minimum atomic E-state index is -0.225. The summed E-state index contributed by atoms with van der Waals surface area (Å²) in [6, 6.07) is 2.05. The normalized spacial score (nSPS) is 12.4. The molecule has 0 aliphatic rings. The number of aryl methyl sites for hydroxylation is 5. The molecule has 3 rings (SSSR count). The predicted octanol–water partition coefficient (Wildman–Crippen LogP) is 3.24. The SMILES string of the molecule is Cc1cc(C)n(CCCNC(=O)C(C)SCc2nc3sc(C)c(C)c3c(=O)[nH]2)n1. The molecule has 3 aromatic heterocycles. The van der Waals surface area contributed by atoms with Crippen molar-refractivity contribution in [3.63, 3.8) is 0 Å². The van der Waals surface area contributed by atoms with E-state index in [2.05, 4.69) is 20.4 Å². The molecular weight excluding hydrogens is 406 g/mol. The number of carbonyl (C=O) groups excluding carboxylic acids is 1. The molecule has 2 N–H and O–H groups in total. The number of amides is 1. The Morgan fingerprint density at radius 2 is 2.10 bits per heavy atom. The minimum Gasteiger partial charge on any atom is -0.355 e. The quantitative estimate of drug-likeness (QED) is 0.532. The average Bonchev–Trinajstić information content (AvgIpc) is 3.14. The third kappa shape index (κ3) is 5.08. The van der Waals surface area contributed by atoms with Crippen molar-refractivity contribution in [1.82, 2.24) is 25.1 Å². The molecule has 3 aromatic rings. The lowest BCUT2D eigenvalue weighted by molar-refractivity contribution is -0.120. The molecule has 0 fully saturated rings. The van der Waals surface area contributed by atoms with Gasteiger partial charge in [-0.2, -0.15) is 5.10 Å². The number of thiophene rings is 1. The maximum Gasteiger partial charge on any atom is 0.259 e. The number of hydrogen-bond donors (Lipinski definition) is 2. The van der Waals surface area contributed by atoms with Gasteiger partial charge in [0.1, 0.15) is 10.7 Å². The zero-order valence-electron chi connectivity index (χ0n) is 17.5. The molecule has 1 unspecified atom stereocenters. The summed E-state index contributed by atoms with van der Waals surface area (Å²) in [5.41, 5.74) is 3.03. The number of nitrogens with one attached hydrogen (secondary N) is 2. The fourth-order valence-corrected chi connectivity index (χ4v) is 4.96. The van der Waals surface area contributed by atoms with Gasteiger partial charge in [0.2, 0.25) is 5.91 Å². The smallest absolute Gasteiger partial charge is 0.259 e. The van der Waals surface area contributed by atoms with Gasteiger partial charge in [-0.05, 0) is 52.7 Å². The van der Waals surface area contributed by atoms with Crippen molar-refractivity contribution in [2.75, 3.05) is 6.54 Å². The number of carbonyl (C=O) groups is 1. The highest BCUT2D eigenvalue weighted by Crippen LogP contribution is 2.26. The summed E-state index contributed by atoms with van der Waals surface area (Å²) in [4.78, 5) is 34.0. The summed E-state index contributed by atoms with van der Waals surface area (Å²) in [5, 5.41) is 7.85. The fourth-order valence-electron chi connectivity index (χ4n) is 3.13. The van der Waals surface area contributed by atoms with Gasteiger partial charge >= 0.3 is 0 Å². The van der Waals surface area contributed by atoms with Crippen molar-refractivity contribution in [2.45, 2.75) is 58.6 Å². The largest absolute Gasteiger partial charge is 0.355 e. The average molecular weight is 434 g/mol. The van der Waals surface area contributed by atoms with Crippen LogP contribution in [0.1, 0.15) is 41.0 Å². The van der Waals surface area contributed by atoms with E-state index in [4.69, 9.17) is 0 Å². The Balaban J connectivity index is 1.48. The molecule has 7 nitrogen and oxygen atoms in total. The molecule has 0 aromatic carbocycles. The first-order valence-electron chi connectivity index (χ1n) is 9.65. The zero-order valence-corrected chi connectivity index (χ0v) is 19.1. The monoisotopic (exact) mass is 433 g/mol. The van der Waals surface area contributed by atoms with Gasteiger partial charge in [0.05, 0.1) is 22.1 Å². The predicted molar refractivity (Wildman–Crippen MR) is 120 cm³/mol. The molecule has 0 bridgehead atoms. The Morgan fingerprint density at radius 1 is 1.34 bits per heavy atom. The van der Waals surface area contributed by atoms with Gasteiger partial charge < -0.3 is 10.3 Å². The number of rotatable bonds is 8. The molecule has 0 spiro atoms. The van der Waals surface area contributed by atoms with Crippen LogP contribution in [-0.4, -0.2) is 37.5 Å². The van der Waals surface area contributed by atoms with Crippen LogP contribution in [0.25, 0.3) is 10.2 Å². The second-order valence-corrected chi connectivity index (χ2v) is 9.76. The number of nitrogens with zero attached hydrogens (tertiary/aromatic N) is 3. The minimum absolute atomic E-state index is 0.00500. The number of aromatic nitrogens is 4. The highest BCUT2D eigenvalue weighted by Gasteiger charge is 2.16. The summed E-state index contributed by atoms with van der Waals surface area (Å²) < 4.78 is 1.96.